The maximum absolute atomic E-state index is 12.8. The van der Waals surface area contributed by atoms with Gasteiger partial charge in [-0.2, -0.15) is 0 Å². The van der Waals surface area contributed by atoms with Crippen LogP contribution in [0.2, 0.25) is 5.02 Å². The van der Waals surface area contributed by atoms with Gasteiger partial charge in [-0.05, 0) is 72.6 Å². The molecule has 2 fully saturated rings. The van der Waals surface area contributed by atoms with Gasteiger partial charge in [-0.1, -0.05) is 29.8 Å². The Bertz CT molecular complexity index is 1330. The largest absolute Gasteiger partial charge is 0.487 e. The lowest BCUT2D eigenvalue weighted by Gasteiger charge is -2.30. The predicted octanol–water partition coefficient (Wildman–Crippen LogP) is 4.38. The van der Waals surface area contributed by atoms with E-state index < -0.39 is 0 Å². The number of hydrogen-bond donors (Lipinski definition) is 1. The van der Waals surface area contributed by atoms with Crippen LogP contribution < -0.4 is 10.3 Å². The van der Waals surface area contributed by atoms with Gasteiger partial charge in [-0.25, -0.2) is 0 Å². The Kier molecular flexibility index (Phi) is 5.96. The van der Waals surface area contributed by atoms with E-state index in [-0.39, 0.29) is 18.3 Å². The topological polar surface area (TPSA) is 67.6 Å². The second-order valence-electron chi connectivity index (χ2n) is 9.90. The van der Waals surface area contributed by atoms with Crippen LogP contribution >= 0.6 is 11.6 Å². The normalized spacial score (nSPS) is 23.3. The molecule has 35 heavy (non-hydrogen) atoms. The first kappa shape index (κ1) is 22.5. The molecule has 1 saturated heterocycles. The molecule has 3 heterocycles. The van der Waals surface area contributed by atoms with E-state index in [2.05, 4.69) is 34.2 Å². The van der Waals surface area contributed by atoms with Crippen molar-refractivity contribution in [2.45, 2.75) is 51.0 Å². The third kappa shape index (κ3) is 4.66. The van der Waals surface area contributed by atoms with Gasteiger partial charge in [0.05, 0.1) is 16.8 Å². The van der Waals surface area contributed by atoms with Gasteiger partial charge in [0.1, 0.15) is 12.4 Å². The molecule has 0 unspecified atom stereocenters. The first-order valence-electron chi connectivity index (χ1n) is 12.2. The number of rotatable bonds is 6. The fourth-order valence-corrected chi connectivity index (χ4v) is 5.89. The monoisotopic (exact) mass is 489 g/mol. The Morgan fingerprint density at radius 3 is 2.80 bits per heavy atom. The van der Waals surface area contributed by atoms with E-state index in [9.17, 15) is 9.90 Å². The number of allylic oxidation sites excluding steroid dienone is 1. The van der Waals surface area contributed by atoms with Gasteiger partial charge in [0.15, 0.2) is 0 Å². The van der Waals surface area contributed by atoms with Crippen LogP contribution in [0.1, 0.15) is 41.6 Å². The first-order chi connectivity index (χ1) is 17.0. The molecule has 1 aliphatic heterocycles. The van der Waals surface area contributed by atoms with Crippen LogP contribution in [0.3, 0.4) is 0 Å². The van der Waals surface area contributed by atoms with Gasteiger partial charge in [-0.3, -0.25) is 19.2 Å². The molecule has 3 aromatic rings. The number of halogens is 1. The number of aromatic nitrogens is 2. The molecule has 1 N–H and O–H groups in total. The molecule has 0 radical (unpaired) electrons. The van der Waals surface area contributed by atoms with Crippen LogP contribution in [-0.4, -0.2) is 38.2 Å². The number of nitrogens with zero attached hydrogens (tertiary/aromatic N) is 3. The Morgan fingerprint density at radius 2 is 2.03 bits per heavy atom. The highest BCUT2D eigenvalue weighted by molar-refractivity contribution is 6.30. The second kappa shape index (κ2) is 9.26. The molecule has 3 aliphatic rings. The van der Waals surface area contributed by atoms with Crippen LogP contribution in [-0.2, 0) is 19.6 Å². The summed E-state index contributed by atoms with van der Waals surface area (Å²) >= 11 is 5.87. The molecule has 0 spiro atoms. The lowest BCUT2D eigenvalue weighted by molar-refractivity contribution is 0.0529. The highest BCUT2D eigenvalue weighted by atomic mass is 35.5. The van der Waals surface area contributed by atoms with Crippen LogP contribution in [0, 0.1) is 5.92 Å². The third-order valence-corrected chi connectivity index (χ3v) is 7.72. The van der Waals surface area contributed by atoms with Crippen molar-refractivity contribution in [3.63, 3.8) is 0 Å². The summed E-state index contributed by atoms with van der Waals surface area (Å²) in [6.07, 6.45) is 9.11. The van der Waals surface area contributed by atoms with Crippen LogP contribution in [0.25, 0.3) is 11.8 Å². The molecule has 2 aromatic heterocycles. The van der Waals surface area contributed by atoms with E-state index in [1.165, 1.54) is 22.8 Å². The van der Waals surface area contributed by atoms with Gasteiger partial charge >= 0.3 is 0 Å². The summed E-state index contributed by atoms with van der Waals surface area (Å²) in [5.74, 6) is 1.17. The van der Waals surface area contributed by atoms with E-state index in [1.807, 2.05) is 6.07 Å². The number of piperidine rings is 1. The van der Waals surface area contributed by atoms with E-state index in [0.29, 0.717) is 22.7 Å². The predicted molar refractivity (Wildman–Crippen MR) is 136 cm³/mol. The van der Waals surface area contributed by atoms with Crippen molar-refractivity contribution in [3.05, 3.63) is 92.6 Å². The Labute approximate surface area is 209 Å². The van der Waals surface area contributed by atoms with Crippen molar-refractivity contribution in [3.8, 4) is 5.75 Å². The van der Waals surface area contributed by atoms with Gasteiger partial charge < -0.3 is 9.84 Å². The van der Waals surface area contributed by atoms with Crippen LogP contribution in [0.4, 0.5) is 0 Å². The molecule has 1 aromatic carbocycles. The van der Waals surface area contributed by atoms with Gasteiger partial charge in [0.25, 0.3) is 5.56 Å². The molecule has 6 nitrogen and oxygen atoms in total. The number of aryl methyl sites for hydroxylation is 1. The average molecular weight is 490 g/mol. The van der Waals surface area contributed by atoms with E-state index >= 15 is 0 Å². The summed E-state index contributed by atoms with van der Waals surface area (Å²) in [6, 6.07) is 13.9. The van der Waals surface area contributed by atoms with Crippen molar-refractivity contribution in [2.24, 2.45) is 5.92 Å². The number of hydrogen-bond acceptors (Lipinski definition) is 5. The minimum Gasteiger partial charge on any atom is -0.487 e. The molecule has 1 saturated carbocycles. The minimum absolute atomic E-state index is 0.111. The fourth-order valence-electron chi connectivity index (χ4n) is 5.77. The van der Waals surface area contributed by atoms with Gasteiger partial charge in [0, 0.05) is 43.3 Å². The second-order valence-corrected chi connectivity index (χ2v) is 10.3. The smallest absolute Gasteiger partial charge is 0.258 e. The summed E-state index contributed by atoms with van der Waals surface area (Å²) < 4.78 is 7.45. The maximum Gasteiger partial charge on any atom is 0.258 e. The number of likely N-dealkylation sites (tertiary alicyclic amines) is 1. The molecule has 0 amide bonds. The summed E-state index contributed by atoms with van der Waals surface area (Å²) in [7, 11) is 0. The average Bonchev–Trinajstić information content (AvgIpc) is 3.42. The molecular formula is C28H28ClN3O3. The SMILES string of the molecule is O=c1cc(OCc2ccc(Cl)cn2)ccn1C1=Cc2ccc(CN3C[C@H]4C[C@@H]3[C@@H](O)C4)cc2CC1. The lowest BCUT2D eigenvalue weighted by Crippen LogP contribution is -2.40. The zero-order valence-corrected chi connectivity index (χ0v) is 20.2. The number of aliphatic hydroxyl groups excluding tert-OH is 1. The molecular weight excluding hydrogens is 462 g/mol. The Morgan fingerprint density at radius 1 is 1.11 bits per heavy atom. The molecule has 3 atom stereocenters. The van der Waals surface area contributed by atoms with E-state index in [4.69, 9.17) is 16.3 Å². The Balaban J connectivity index is 1.14. The third-order valence-electron chi connectivity index (χ3n) is 7.50. The number of benzene rings is 1. The molecule has 2 aliphatic carbocycles. The zero-order chi connectivity index (χ0) is 23.9. The molecule has 7 heteroatoms. The summed E-state index contributed by atoms with van der Waals surface area (Å²) in [6.45, 7) is 2.27. The highest BCUT2D eigenvalue weighted by Crippen LogP contribution is 2.38. The van der Waals surface area contributed by atoms with Crippen molar-refractivity contribution in [1.29, 1.82) is 0 Å². The van der Waals surface area contributed by atoms with Crippen LogP contribution in [0.15, 0.2) is 59.7 Å². The quantitative estimate of drug-likeness (QED) is 0.556. The number of ether oxygens (including phenoxy) is 1. The molecule has 2 bridgehead atoms. The molecule has 6 rings (SSSR count). The minimum atomic E-state index is -0.166. The number of fused-ring (bicyclic) bond motifs is 3. The summed E-state index contributed by atoms with van der Waals surface area (Å²) in [5.41, 5.74) is 5.41. The zero-order valence-electron chi connectivity index (χ0n) is 19.4. The highest BCUT2D eigenvalue weighted by Gasteiger charge is 2.43. The fraction of sp³-hybridized carbons (Fsp3) is 0.357. The van der Waals surface area contributed by atoms with Crippen LogP contribution in [0.5, 0.6) is 5.75 Å². The van der Waals surface area contributed by atoms with E-state index in [0.717, 1.165) is 50.2 Å². The first-order valence-corrected chi connectivity index (χ1v) is 12.6. The van der Waals surface area contributed by atoms with E-state index in [1.54, 1.807) is 29.1 Å². The standard InChI is InChI=1S/C28H28ClN3O3/c29-22-4-5-23(30-14-22)17-35-25-7-8-32(28(34)13-25)24-6-3-20-9-18(1-2-21(20)12-24)15-31-16-19-10-26(31)27(33)11-19/h1-2,4-5,7-9,12-14,19,26-27,33H,3,6,10-11,15-17H2/t19-,26+,27-/m0/s1. The lowest BCUT2D eigenvalue weighted by atomic mass is 9.93. The van der Waals surface area contributed by atoms with Gasteiger partial charge in [-0.15, -0.1) is 0 Å². The van der Waals surface area contributed by atoms with Crippen molar-refractivity contribution >= 4 is 23.4 Å². The number of aliphatic hydroxyl groups is 1. The summed E-state index contributed by atoms with van der Waals surface area (Å²) in [4.78, 5) is 19.5. The molecule has 180 valence electrons. The maximum atomic E-state index is 12.8. The van der Waals surface area contributed by atoms with Crippen molar-refractivity contribution in [2.75, 3.05) is 6.54 Å². The van der Waals surface area contributed by atoms with Crippen molar-refractivity contribution < 1.29 is 9.84 Å². The number of pyridine rings is 2. The van der Waals surface area contributed by atoms with Crippen molar-refractivity contribution in [1.82, 2.24) is 14.5 Å². The summed E-state index contributed by atoms with van der Waals surface area (Å²) in [5, 5.41) is 10.8. The Hall–Kier alpha value is -2.93. The van der Waals surface area contributed by atoms with Gasteiger partial charge in [0.2, 0.25) is 0 Å².